The number of likely N-dealkylation sites (tertiary alicyclic amines) is 1. The first-order chi connectivity index (χ1) is 20.2. The Morgan fingerprint density at radius 1 is 1.00 bits per heavy atom. The summed E-state index contributed by atoms with van der Waals surface area (Å²) in [5, 5.41) is 0.403. The molecule has 0 saturated carbocycles. The third-order valence-electron chi connectivity index (χ3n) is 8.41. The average molecular weight is 602 g/mol. The minimum Gasteiger partial charge on any atom is -0.345 e. The number of hydrogen-bond donors (Lipinski definition) is 0. The van der Waals surface area contributed by atoms with Gasteiger partial charge < -0.3 is 19.5 Å². The number of aldehydes is 1. The maximum atomic E-state index is 13.5. The quantitative estimate of drug-likeness (QED) is 0.249. The SMILES string of the molecule is CC(C)[C@@H]1N(C(=O)CC(C)(C)C)CC[C@]1(C=O)c1ccccc1N(C)c1cccc(-c2ccc(C(=O)N(C)C)c(Cl)c2)c1. The molecule has 0 aliphatic carbocycles. The molecule has 4 rings (SSSR count). The van der Waals surface area contributed by atoms with Gasteiger partial charge in [-0.05, 0) is 64.8 Å². The number of hydrogen-bond acceptors (Lipinski definition) is 4. The van der Waals surface area contributed by atoms with E-state index in [1.165, 1.54) is 4.90 Å². The second-order valence-corrected chi connectivity index (χ2v) is 13.8. The Hall–Kier alpha value is -3.64. The lowest BCUT2D eigenvalue weighted by Crippen LogP contribution is -2.50. The van der Waals surface area contributed by atoms with Crippen LogP contribution in [0.5, 0.6) is 0 Å². The lowest BCUT2D eigenvalue weighted by Gasteiger charge is -2.40. The van der Waals surface area contributed by atoms with Crippen LogP contribution < -0.4 is 4.90 Å². The van der Waals surface area contributed by atoms with E-state index in [2.05, 4.69) is 45.6 Å². The fourth-order valence-corrected chi connectivity index (χ4v) is 6.71. The number of carbonyl (C=O) groups is 3. The summed E-state index contributed by atoms with van der Waals surface area (Å²) in [7, 11) is 5.41. The molecule has 6 nitrogen and oxygen atoms in total. The fourth-order valence-electron chi connectivity index (χ4n) is 6.45. The van der Waals surface area contributed by atoms with E-state index in [0.29, 0.717) is 30.0 Å². The van der Waals surface area contributed by atoms with Gasteiger partial charge in [0.1, 0.15) is 6.29 Å². The van der Waals surface area contributed by atoms with Gasteiger partial charge in [-0.1, -0.05) is 82.6 Å². The zero-order valence-electron chi connectivity index (χ0n) is 26.6. The topological polar surface area (TPSA) is 60.9 Å². The van der Waals surface area contributed by atoms with Crippen LogP contribution in [0, 0.1) is 11.3 Å². The first-order valence-electron chi connectivity index (χ1n) is 14.9. The molecule has 0 spiro atoms. The van der Waals surface area contributed by atoms with Crippen LogP contribution >= 0.6 is 11.6 Å². The predicted octanol–water partition coefficient (Wildman–Crippen LogP) is 7.61. The highest BCUT2D eigenvalue weighted by molar-refractivity contribution is 6.34. The molecule has 1 heterocycles. The van der Waals surface area contributed by atoms with Crippen LogP contribution in [0.25, 0.3) is 11.1 Å². The lowest BCUT2D eigenvalue weighted by molar-refractivity contribution is -0.135. The van der Waals surface area contributed by atoms with Crippen molar-refractivity contribution in [3.63, 3.8) is 0 Å². The highest BCUT2D eigenvalue weighted by atomic mass is 35.5. The molecule has 0 aromatic heterocycles. The van der Waals surface area contributed by atoms with Gasteiger partial charge in [0.05, 0.1) is 22.0 Å². The van der Waals surface area contributed by atoms with Crippen LogP contribution in [0.15, 0.2) is 66.7 Å². The number of rotatable bonds is 8. The first-order valence-corrected chi connectivity index (χ1v) is 15.3. The van der Waals surface area contributed by atoms with Crippen molar-refractivity contribution in [3.05, 3.63) is 82.9 Å². The Morgan fingerprint density at radius 2 is 1.67 bits per heavy atom. The molecule has 3 aromatic rings. The van der Waals surface area contributed by atoms with E-state index in [1.807, 2.05) is 66.5 Å². The minimum absolute atomic E-state index is 0.0883. The van der Waals surface area contributed by atoms with Crippen molar-refractivity contribution < 1.29 is 14.4 Å². The molecule has 1 aliphatic heterocycles. The first kappa shape index (κ1) is 32.3. The van der Waals surface area contributed by atoms with E-state index in [1.54, 1.807) is 20.2 Å². The van der Waals surface area contributed by atoms with Crippen LogP contribution in [0.3, 0.4) is 0 Å². The number of amides is 2. The summed E-state index contributed by atoms with van der Waals surface area (Å²) >= 11 is 6.53. The lowest BCUT2D eigenvalue weighted by atomic mass is 9.70. The smallest absolute Gasteiger partial charge is 0.254 e. The van der Waals surface area contributed by atoms with E-state index in [4.69, 9.17) is 11.6 Å². The Bertz CT molecular complexity index is 1510. The van der Waals surface area contributed by atoms with Crippen molar-refractivity contribution in [3.8, 4) is 11.1 Å². The summed E-state index contributed by atoms with van der Waals surface area (Å²) < 4.78 is 0. The van der Waals surface area contributed by atoms with Gasteiger partial charge in [0, 0.05) is 45.5 Å². The Morgan fingerprint density at radius 3 is 2.28 bits per heavy atom. The van der Waals surface area contributed by atoms with Crippen LogP contribution in [0.1, 0.15) is 63.4 Å². The van der Waals surface area contributed by atoms with E-state index >= 15 is 0 Å². The Kier molecular flexibility index (Phi) is 9.41. The monoisotopic (exact) mass is 601 g/mol. The van der Waals surface area contributed by atoms with Gasteiger partial charge in [-0.3, -0.25) is 9.59 Å². The molecular formula is C36H44ClN3O3. The number of carbonyl (C=O) groups excluding carboxylic acids is 3. The molecule has 2 atom stereocenters. The number of halogens is 1. The zero-order valence-corrected chi connectivity index (χ0v) is 27.4. The van der Waals surface area contributed by atoms with Gasteiger partial charge in [-0.25, -0.2) is 0 Å². The second-order valence-electron chi connectivity index (χ2n) is 13.4. The van der Waals surface area contributed by atoms with Crippen molar-refractivity contribution >= 4 is 41.1 Å². The molecule has 0 N–H and O–H groups in total. The van der Waals surface area contributed by atoms with Gasteiger partial charge in [-0.15, -0.1) is 0 Å². The van der Waals surface area contributed by atoms with Gasteiger partial charge >= 0.3 is 0 Å². The van der Waals surface area contributed by atoms with Gasteiger partial charge in [-0.2, -0.15) is 0 Å². The molecule has 0 radical (unpaired) electrons. The molecular weight excluding hydrogens is 558 g/mol. The largest absolute Gasteiger partial charge is 0.345 e. The number of benzene rings is 3. The van der Waals surface area contributed by atoms with E-state index < -0.39 is 5.41 Å². The molecule has 43 heavy (non-hydrogen) atoms. The summed E-state index contributed by atoms with van der Waals surface area (Å²) in [6, 6.07) is 21.4. The van der Waals surface area contributed by atoms with Crippen molar-refractivity contribution in [2.45, 2.75) is 58.9 Å². The summed E-state index contributed by atoms with van der Waals surface area (Å²) in [4.78, 5) is 44.8. The molecule has 3 aromatic carbocycles. The summed E-state index contributed by atoms with van der Waals surface area (Å²) in [6.07, 6.45) is 2.11. The average Bonchev–Trinajstić information content (AvgIpc) is 3.37. The molecule has 2 amide bonds. The fraction of sp³-hybridized carbons (Fsp3) is 0.417. The maximum absolute atomic E-state index is 13.5. The molecule has 228 valence electrons. The van der Waals surface area contributed by atoms with Gasteiger partial charge in [0.25, 0.3) is 5.91 Å². The second kappa shape index (κ2) is 12.5. The van der Waals surface area contributed by atoms with E-state index in [-0.39, 0.29) is 29.2 Å². The molecule has 0 bridgehead atoms. The highest BCUT2D eigenvalue weighted by Crippen LogP contribution is 2.47. The number of nitrogens with zero attached hydrogens (tertiary/aromatic N) is 3. The van der Waals surface area contributed by atoms with Crippen molar-refractivity contribution in [2.24, 2.45) is 11.3 Å². The van der Waals surface area contributed by atoms with E-state index in [0.717, 1.165) is 34.4 Å². The highest BCUT2D eigenvalue weighted by Gasteiger charge is 2.52. The normalized spacial score (nSPS) is 18.6. The predicted molar refractivity (Wildman–Crippen MR) is 176 cm³/mol. The molecule has 1 saturated heterocycles. The van der Waals surface area contributed by atoms with Crippen LogP contribution in [0.2, 0.25) is 5.02 Å². The van der Waals surface area contributed by atoms with E-state index in [9.17, 15) is 14.4 Å². The third-order valence-corrected chi connectivity index (χ3v) is 8.73. The molecule has 7 heteroatoms. The summed E-state index contributed by atoms with van der Waals surface area (Å²) in [5.41, 5.74) is 4.14. The van der Waals surface area contributed by atoms with Crippen molar-refractivity contribution in [1.82, 2.24) is 9.80 Å². The maximum Gasteiger partial charge on any atom is 0.254 e. The van der Waals surface area contributed by atoms with Crippen molar-refractivity contribution in [1.29, 1.82) is 0 Å². The molecule has 1 aliphatic rings. The van der Waals surface area contributed by atoms with Gasteiger partial charge in [0.15, 0.2) is 0 Å². The summed E-state index contributed by atoms with van der Waals surface area (Å²) in [6.45, 7) is 11.0. The van der Waals surface area contributed by atoms with Gasteiger partial charge in [0.2, 0.25) is 5.91 Å². The van der Waals surface area contributed by atoms with Crippen LogP contribution in [-0.4, -0.2) is 61.6 Å². The standard InChI is InChI=1S/C36H44ClN3O3/c1-24(2)33-36(23-41,18-19-40(33)32(42)22-35(3,4)5)29-14-9-10-15-31(29)39(8)27-13-11-12-25(20-27)26-16-17-28(30(37)21-26)34(43)38(6)7/h9-17,20-21,23-24,33H,18-19,22H2,1-8H3/t33-,36-/m0/s1. The molecule has 1 fully saturated rings. The van der Waals surface area contributed by atoms with Crippen molar-refractivity contribution in [2.75, 3.05) is 32.6 Å². The van der Waals surface area contributed by atoms with Crippen LogP contribution in [0.4, 0.5) is 11.4 Å². The number of anilines is 2. The molecule has 0 unspecified atom stereocenters. The Balaban J connectivity index is 1.73. The summed E-state index contributed by atoms with van der Waals surface area (Å²) in [5.74, 6) is 0.0480. The van der Waals surface area contributed by atoms with Crippen LogP contribution in [-0.2, 0) is 15.0 Å². The Labute approximate surface area is 261 Å². The zero-order chi connectivity index (χ0) is 31.7. The third kappa shape index (κ3) is 6.50. The minimum atomic E-state index is -0.827. The number of para-hydroxylation sites is 1.